The molecule has 0 aliphatic heterocycles. The van der Waals surface area contributed by atoms with Crippen molar-refractivity contribution in [3.8, 4) is 0 Å². The molecule has 0 radical (unpaired) electrons. The quantitative estimate of drug-likeness (QED) is 0.780. The number of aliphatic hydroxyl groups excluding tert-OH is 1. The number of nitrogens with one attached hydrogen (secondary N) is 2. The fourth-order valence-electron chi connectivity index (χ4n) is 2.45. The highest BCUT2D eigenvalue weighted by Crippen LogP contribution is 2.29. The molecule has 1 aliphatic carbocycles. The highest BCUT2D eigenvalue weighted by atomic mass is 19.4. The number of amides is 2. The Balaban J connectivity index is 1.98. The zero-order chi connectivity index (χ0) is 15.5. The molecule has 1 aromatic heterocycles. The van der Waals surface area contributed by atoms with Gasteiger partial charge < -0.3 is 15.7 Å². The van der Waals surface area contributed by atoms with E-state index in [1.54, 1.807) is 16.2 Å². The molecule has 0 fully saturated rings. The average Bonchev–Trinajstić information content (AvgIpc) is 2.81. The van der Waals surface area contributed by atoms with Gasteiger partial charge in [0.15, 0.2) is 0 Å². The van der Waals surface area contributed by atoms with Gasteiger partial charge in [-0.25, -0.2) is 4.79 Å². The van der Waals surface area contributed by atoms with E-state index in [1.807, 2.05) is 0 Å². The summed E-state index contributed by atoms with van der Waals surface area (Å²) in [5, 5.41) is 17.4. The fraction of sp³-hybridized carbons (Fsp3) is 0.667. The molecule has 118 valence electrons. The van der Waals surface area contributed by atoms with Crippen LogP contribution in [0.5, 0.6) is 0 Å². The number of halogens is 3. The van der Waals surface area contributed by atoms with Gasteiger partial charge in [0.1, 0.15) is 6.54 Å². The van der Waals surface area contributed by atoms with Crippen LogP contribution in [-0.4, -0.2) is 40.2 Å². The minimum Gasteiger partial charge on any atom is -0.394 e. The molecule has 1 aromatic rings. The van der Waals surface area contributed by atoms with Gasteiger partial charge in [0.05, 0.1) is 25.4 Å². The molecule has 1 heterocycles. The summed E-state index contributed by atoms with van der Waals surface area (Å²) in [7, 11) is 0. The SMILES string of the molecule is O=C(NCC(F)(F)F)N[C@H]1CCCc2c1cnn2CCO. The predicted octanol–water partition coefficient (Wildman–Crippen LogP) is 1.11. The number of aromatic nitrogens is 2. The second kappa shape index (κ2) is 6.33. The number of carbonyl (C=O) groups excluding carboxylic acids is 1. The van der Waals surface area contributed by atoms with Crippen molar-refractivity contribution in [2.45, 2.75) is 38.0 Å². The van der Waals surface area contributed by atoms with E-state index in [9.17, 15) is 18.0 Å². The molecule has 1 atom stereocenters. The van der Waals surface area contributed by atoms with Gasteiger partial charge in [0, 0.05) is 11.3 Å². The third-order valence-electron chi connectivity index (χ3n) is 3.33. The summed E-state index contributed by atoms with van der Waals surface area (Å²) in [5.74, 6) is 0. The Kier molecular flexibility index (Phi) is 4.71. The number of fused-ring (bicyclic) bond motifs is 1. The largest absolute Gasteiger partial charge is 0.405 e. The molecule has 9 heteroatoms. The van der Waals surface area contributed by atoms with E-state index in [0.29, 0.717) is 13.0 Å². The van der Waals surface area contributed by atoms with E-state index in [0.717, 1.165) is 24.1 Å². The smallest absolute Gasteiger partial charge is 0.394 e. The highest BCUT2D eigenvalue weighted by molar-refractivity contribution is 5.74. The van der Waals surface area contributed by atoms with Crippen molar-refractivity contribution in [2.24, 2.45) is 0 Å². The minimum atomic E-state index is -4.43. The van der Waals surface area contributed by atoms with Gasteiger partial charge in [-0.3, -0.25) is 4.68 Å². The number of urea groups is 1. The first-order chi connectivity index (χ1) is 9.90. The summed E-state index contributed by atoms with van der Waals surface area (Å²) in [6, 6.07) is -1.20. The lowest BCUT2D eigenvalue weighted by Crippen LogP contribution is -2.42. The molecule has 1 aliphatic rings. The molecular formula is C12H17F3N4O2. The Bertz CT molecular complexity index is 501. The zero-order valence-electron chi connectivity index (χ0n) is 11.3. The van der Waals surface area contributed by atoms with Crippen LogP contribution >= 0.6 is 0 Å². The Morgan fingerprint density at radius 3 is 2.95 bits per heavy atom. The molecule has 0 bridgehead atoms. The van der Waals surface area contributed by atoms with Crippen LogP contribution in [0.15, 0.2) is 6.20 Å². The van der Waals surface area contributed by atoms with Gasteiger partial charge in [-0.15, -0.1) is 0 Å². The Morgan fingerprint density at radius 1 is 1.52 bits per heavy atom. The maximum Gasteiger partial charge on any atom is 0.405 e. The molecule has 2 amide bonds. The highest BCUT2D eigenvalue weighted by Gasteiger charge is 2.29. The summed E-state index contributed by atoms with van der Waals surface area (Å²) in [6.45, 7) is -1.04. The standard InChI is InChI=1S/C12H17F3N4O2/c13-12(14,15)7-16-11(21)18-9-2-1-3-10-8(9)6-17-19(10)4-5-20/h6,9,20H,1-5,7H2,(H2,16,18,21)/t9-/m0/s1. The maximum atomic E-state index is 12.0. The molecule has 0 saturated heterocycles. The summed E-state index contributed by atoms with van der Waals surface area (Å²) in [6.07, 6.45) is -0.608. The number of alkyl halides is 3. The van der Waals surface area contributed by atoms with Crippen molar-refractivity contribution in [3.05, 3.63) is 17.5 Å². The van der Waals surface area contributed by atoms with Crippen molar-refractivity contribution in [2.75, 3.05) is 13.2 Å². The van der Waals surface area contributed by atoms with Gasteiger partial charge in [0.25, 0.3) is 0 Å². The molecule has 3 N–H and O–H groups in total. The van der Waals surface area contributed by atoms with Gasteiger partial charge in [-0.05, 0) is 19.3 Å². The van der Waals surface area contributed by atoms with Gasteiger partial charge in [-0.2, -0.15) is 18.3 Å². The van der Waals surface area contributed by atoms with Crippen LogP contribution in [0.2, 0.25) is 0 Å². The monoisotopic (exact) mass is 306 g/mol. The van der Waals surface area contributed by atoms with Crippen LogP contribution < -0.4 is 10.6 Å². The van der Waals surface area contributed by atoms with Crippen LogP contribution in [0.4, 0.5) is 18.0 Å². The minimum absolute atomic E-state index is 0.0434. The molecule has 0 spiro atoms. The van der Waals surface area contributed by atoms with Crippen molar-refractivity contribution in [1.82, 2.24) is 20.4 Å². The fourth-order valence-corrected chi connectivity index (χ4v) is 2.45. The summed E-state index contributed by atoms with van der Waals surface area (Å²) in [4.78, 5) is 11.5. The lowest BCUT2D eigenvalue weighted by Gasteiger charge is -2.24. The average molecular weight is 306 g/mol. The zero-order valence-corrected chi connectivity index (χ0v) is 11.3. The summed E-state index contributed by atoms with van der Waals surface area (Å²) < 4.78 is 37.8. The first kappa shape index (κ1) is 15.6. The van der Waals surface area contributed by atoms with E-state index < -0.39 is 18.8 Å². The van der Waals surface area contributed by atoms with Crippen molar-refractivity contribution in [1.29, 1.82) is 0 Å². The van der Waals surface area contributed by atoms with E-state index >= 15 is 0 Å². The number of hydrogen-bond donors (Lipinski definition) is 3. The number of rotatable bonds is 4. The van der Waals surface area contributed by atoms with Crippen molar-refractivity contribution in [3.63, 3.8) is 0 Å². The normalized spacial score (nSPS) is 18.2. The molecule has 2 rings (SSSR count). The number of nitrogens with zero attached hydrogens (tertiary/aromatic N) is 2. The van der Waals surface area contributed by atoms with E-state index in [2.05, 4.69) is 10.4 Å². The van der Waals surface area contributed by atoms with Crippen LogP contribution in [0.25, 0.3) is 0 Å². The Hall–Kier alpha value is -1.77. The number of hydrogen-bond acceptors (Lipinski definition) is 3. The van der Waals surface area contributed by atoms with Crippen LogP contribution in [0, 0.1) is 0 Å². The third-order valence-corrected chi connectivity index (χ3v) is 3.33. The molecule has 0 saturated carbocycles. The third kappa shape index (κ3) is 4.10. The predicted molar refractivity (Wildman–Crippen MR) is 67.6 cm³/mol. The summed E-state index contributed by atoms with van der Waals surface area (Å²) in [5.41, 5.74) is 1.72. The molecular weight excluding hydrogens is 289 g/mol. The summed E-state index contributed by atoms with van der Waals surface area (Å²) >= 11 is 0. The molecule has 21 heavy (non-hydrogen) atoms. The van der Waals surface area contributed by atoms with Crippen molar-refractivity contribution >= 4 is 6.03 Å². The van der Waals surface area contributed by atoms with Crippen LogP contribution in [-0.2, 0) is 13.0 Å². The first-order valence-corrected chi connectivity index (χ1v) is 6.67. The lowest BCUT2D eigenvalue weighted by molar-refractivity contribution is -0.122. The maximum absolute atomic E-state index is 12.0. The lowest BCUT2D eigenvalue weighted by atomic mass is 9.93. The Labute approximate surface area is 119 Å². The second-order valence-electron chi connectivity index (χ2n) is 4.88. The van der Waals surface area contributed by atoms with E-state index in [1.165, 1.54) is 0 Å². The van der Waals surface area contributed by atoms with Crippen LogP contribution in [0.3, 0.4) is 0 Å². The van der Waals surface area contributed by atoms with E-state index in [-0.39, 0.29) is 12.6 Å². The Morgan fingerprint density at radius 2 is 2.29 bits per heavy atom. The molecule has 6 nitrogen and oxygen atoms in total. The molecule has 0 aromatic carbocycles. The van der Waals surface area contributed by atoms with E-state index in [4.69, 9.17) is 5.11 Å². The van der Waals surface area contributed by atoms with Crippen molar-refractivity contribution < 1.29 is 23.1 Å². The van der Waals surface area contributed by atoms with Gasteiger partial charge in [-0.1, -0.05) is 0 Å². The second-order valence-corrected chi connectivity index (χ2v) is 4.88. The first-order valence-electron chi connectivity index (χ1n) is 6.67. The van der Waals surface area contributed by atoms with Gasteiger partial charge >= 0.3 is 12.2 Å². The molecule has 0 unspecified atom stereocenters. The topological polar surface area (TPSA) is 79.2 Å². The van der Waals surface area contributed by atoms with Crippen LogP contribution in [0.1, 0.15) is 30.1 Å². The number of carbonyl (C=O) groups is 1. The number of aliphatic hydroxyl groups is 1. The van der Waals surface area contributed by atoms with Gasteiger partial charge in [0.2, 0.25) is 0 Å².